The molecule has 5 heteroatoms. The molecule has 0 aliphatic carbocycles. The van der Waals surface area contributed by atoms with Crippen molar-refractivity contribution in [3.8, 4) is 0 Å². The maximum absolute atomic E-state index is 13.1. The lowest BCUT2D eigenvalue weighted by atomic mass is 10.1. The Morgan fingerprint density at radius 3 is 2.29 bits per heavy atom. The standard InChI is InChI=1S/C19H21FN2O2/c1-12-7-13(2)19(14(3)8-12)22-18(24)11-21-17(23)10-15-5-4-6-16(20)9-15/h4-9H,10-11H2,1-3H3,(H,21,23)(H,22,24). The normalized spacial score (nSPS) is 10.3. The molecule has 0 fully saturated rings. The van der Waals surface area contributed by atoms with E-state index in [9.17, 15) is 14.0 Å². The van der Waals surface area contributed by atoms with Gasteiger partial charge in [0.05, 0.1) is 13.0 Å². The summed E-state index contributed by atoms with van der Waals surface area (Å²) in [7, 11) is 0. The summed E-state index contributed by atoms with van der Waals surface area (Å²) in [5, 5.41) is 5.37. The van der Waals surface area contributed by atoms with Crippen LogP contribution in [0.25, 0.3) is 0 Å². The Morgan fingerprint density at radius 2 is 1.67 bits per heavy atom. The lowest BCUT2D eigenvalue weighted by Gasteiger charge is -2.13. The third-order valence-corrected chi connectivity index (χ3v) is 3.64. The zero-order valence-corrected chi connectivity index (χ0v) is 14.1. The number of amides is 2. The largest absolute Gasteiger partial charge is 0.347 e. The van der Waals surface area contributed by atoms with Crippen LogP contribution in [0.3, 0.4) is 0 Å². The Hall–Kier alpha value is -2.69. The minimum Gasteiger partial charge on any atom is -0.347 e. The second-order valence-electron chi connectivity index (χ2n) is 5.91. The van der Waals surface area contributed by atoms with E-state index >= 15 is 0 Å². The fourth-order valence-electron chi connectivity index (χ4n) is 2.63. The van der Waals surface area contributed by atoms with Crippen LogP contribution in [0.2, 0.25) is 0 Å². The molecule has 0 saturated carbocycles. The summed E-state index contributed by atoms with van der Waals surface area (Å²) in [6.07, 6.45) is 0.0353. The van der Waals surface area contributed by atoms with Crippen molar-refractivity contribution < 1.29 is 14.0 Å². The van der Waals surface area contributed by atoms with Gasteiger partial charge in [-0.3, -0.25) is 9.59 Å². The van der Waals surface area contributed by atoms with E-state index in [-0.39, 0.29) is 30.6 Å². The van der Waals surface area contributed by atoms with E-state index in [1.54, 1.807) is 12.1 Å². The number of aryl methyl sites for hydroxylation is 3. The van der Waals surface area contributed by atoms with Gasteiger partial charge in [0.15, 0.2) is 0 Å². The average Bonchev–Trinajstić information content (AvgIpc) is 2.49. The maximum atomic E-state index is 13.1. The average molecular weight is 328 g/mol. The second kappa shape index (κ2) is 7.73. The number of hydrogen-bond acceptors (Lipinski definition) is 2. The number of carbonyl (C=O) groups is 2. The number of carbonyl (C=O) groups excluding carboxylic acids is 2. The minimum atomic E-state index is -0.386. The fourth-order valence-corrected chi connectivity index (χ4v) is 2.63. The van der Waals surface area contributed by atoms with Crippen LogP contribution in [0, 0.1) is 26.6 Å². The van der Waals surface area contributed by atoms with E-state index in [1.165, 1.54) is 12.1 Å². The molecule has 2 aromatic rings. The molecule has 0 radical (unpaired) electrons. The summed E-state index contributed by atoms with van der Waals surface area (Å²) >= 11 is 0. The molecule has 0 unspecified atom stereocenters. The van der Waals surface area contributed by atoms with Crippen LogP contribution in [-0.2, 0) is 16.0 Å². The third kappa shape index (κ3) is 4.91. The second-order valence-corrected chi connectivity index (χ2v) is 5.91. The highest BCUT2D eigenvalue weighted by Crippen LogP contribution is 2.21. The number of anilines is 1. The first-order chi connectivity index (χ1) is 11.3. The van der Waals surface area contributed by atoms with Gasteiger partial charge in [0.2, 0.25) is 11.8 Å². The molecule has 0 bridgehead atoms. The van der Waals surface area contributed by atoms with Crippen LogP contribution >= 0.6 is 0 Å². The van der Waals surface area contributed by atoms with Gasteiger partial charge >= 0.3 is 0 Å². The first-order valence-electron chi connectivity index (χ1n) is 7.74. The van der Waals surface area contributed by atoms with Gasteiger partial charge in [0.1, 0.15) is 5.82 Å². The van der Waals surface area contributed by atoms with Crippen molar-refractivity contribution in [2.24, 2.45) is 0 Å². The van der Waals surface area contributed by atoms with Gasteiger partial charge in [-0.15, -0.1) is 0 Å². The molecule has 0 saturated heterocycles. The van der Waals surface area contributed by atoms with E-state index < -0.39 is 0 Å². The van der Waals surface area contributed by atoms with Crippen LogP contribution in [0.4, 0.5) is 10.1 Å². The van der Waals surface area contributed by atoms with Crippen molar-refractivity contribution in [2.75, 3.05) is 11.9 Å². The first-order valence-corrected chi connectivity index (χ1v) is 7.74. The number of nitrogens with one attached hydrogen (secondary N) is 2. The Morgan fingerprint density at radius 1 is 1.00 bits per heavy atom. The lowest BCUT2D eigenvalue weighted by Crippen LogP contribution is -2.34. The fraction of sp³-hybridized carbons (Fsp3) is 0.263. The number of hydrogen-bond donors (Lipinski definition) is 2. The van der Waals surface area contributed by atoms with Crippen molar-refractivity contribution >= 4 is 17.5 Å². The molecule has 0 heterocycles. The first kappa shape index (κ1) is 17.7. The summed E-state index contributed by atoms with van der Waals surface area (Å²) in [4.78, 5) is 23.9. The van der Waals surface area contributed by atoms with Crippen molar-refractivity contribution in [2.45, 2.75) is 27.2 Å². The van der Waals surface area contributed by atoms with Crippen LogP contribution in [-0.4, -0.2) is 18.4 Å². The molecule has 2 aromatic carbocycles. The molecular formula is C19H21FN2O2. The molecule has 2 rings (SSSR count). The van der Waals surface area contributed by atoms with Gasteiger partial charge in [-0.2, -0.15) is 0 Å². The maximum Gasteiger partial charge on any atom is 0.243 e. The Balaban J connectivity index is 1.88. The molecule has 4 nitrogen and oxygen atoms in total. The Kier molecular flexibility index (Phi) is 5.68. The highest BCUT2D eigenvalue weighted by Gasteiger charge is 2.10. The van der Waals surface area contributed by atoms with Gasteiger partial charge in [-0.05, 0) is 49.6 Å². The topological polar surface area (TPSA) is 58.2 Å². The summed E-state index contributed by atoms with van der Waals surface area (Å²) in [5.74, 6) is -1.01. The smallest absolute Gasteiger partial charge is 0.243 e. The molecule has 0 aliphatic rings. The zero-order chi connectivity index (χ0) is 17.7. The lowest BCUT2D eigenvalue weighted by molar-refractivity contribution is -0.123. The highest BCUT2D eigenvalue weighted by molar-refractivity contribution is 5.96. The number of halogens is 1. The van der Waals surface area contributed by atoms with Gasteiger partial charge in [-0.1, -0.05) is 29.8 Å². The van der Waals surface area contributed by atoms with Crippen LogP contribution in [0.5, 0.6) is 0 Å². The molecule has 2 amide bonds. The molecule has 0 atom stereocenters. The monoisotopic (exact) mass is 328 g/mol. The molecule has 0 spiro atoms. The summed E-state index contributed by atoms with van der Waals surface area (Å²) in [6, 6.07) is 9.82. The highest BCUT2D eigenvalue weighted by atomic mass is 19.1. The van der Waals surface area contributed by atoms with Gasteiger partial charge in [-0.25, -0.2) is 4.39 Å². The number of rotatable bonds is 5. The molecule has 126 valence electrons. The van der Waals surface area contributed by atoms with Crippen molar-refractivity contribution in [1.29, 1.82) is 0 Å². The SMILES string of the molecule is Cc1cc(C)c(NC(=O)CNC(=O)Cc2cccc(F)c2)c(C)c1. The van der Waals surface area contributed by atoms with E-state index in [2.05, 4.69) is 10.6 Å². The van der Waals surface area contributed by atoms with E-state index in [0.29, 0.717) is 5.56 Å². The van der Waals surface area contributed by atoms with Crippen molar-refractivity contribution in [1.82, 2.24) is 5.32 Å². The van der Waals surface area contributed by atoms with Gasteiger partial charge in [0, 0.05) is 5.69 Å². The predicted octanol–water partition coefficient (Wildman–Crippen LogP) is 3.05. The summed E-state index contributed by atoms with van der Waals surface area (Å²) < 4.78 is 13.1. The van der Waals surface area contributed by atoms with Gasteiger partial charge < -0.3 is 10.6 Å². The van der Waals surface area contributed by atoms with Crippen molar-refractivity contribution in [3.63, 3.8) is 0 Å². The zero-order valence-electron chi connectivity index (χ0n) is 14.1. The summed E-state index contributed by atoms with van der Waals surface area (Å²) in [6.45, 7) is 5.73. The summed E-state index contributed by atoms with van der Waals surface area (Å²) in [5.41, 5.74) is 4.42. The predicted molar refractivity (Wildman–Crippen MR) is 92.4 cm³/mol. The van der Waals surface area contributed by atoms with Crippen LogP contribution < -0.4 is 10.6 Å². The molecule has 24 heavy (non-hydrogen) atoms. The molecular weight excluding hydrogens is 307 g/mol. The van der Waals surface area contributed by atoms with Crippen LogP contribution in [0.15, 0.2) is 36.4 Å². The van der Waals surface area contributed by atoms with E-state index in [1.807, 2.05) is 32.9 Å². The van der Waals surface area contributed by atoms with Gasteiger partial charge in [0.25, 0.3) is 0 Å². The Labute approximate surface area is 141 Å². The van der Waals surface area contributed by atoms with Crippen molar-refractivity contribution in [3.05, 3.63) is 64.5 Å². The van der Waals surface area contributed by atoms with Crippen LogP contribution in [0.1, 0.15) is 22.3 Å². The van der Waals surface area contributed by atoms with E-state index in [4.69, 9.17) is 0 Å². The minimum absolute atomic E-state index is 0.0353. The Bertz CT molecular complexity index is 749. The molecule has 2 N–H and O–H groups in total. The third-order valence-electron chi connectivity index (χ3n) is 3.64. The van der Waals surface area contributed by atoms with E-state index in [0.717, 1.165) is 22.4 Å². The quantitative estimate of drug-likeness (QED) is 0.886. The number of benzene rings is 2. The molecule has 0 aromatic heterocycles. The molecule has 0 aliphatic heterocycles.